The van der Waals surface area contributed by atoms with Crippen molar-refractivity contribution >= 4 is 11.9 Å². The first-order chi connectivity index (χ1) is 8.44. The van der Waals surface area contributed by atoms with Crippen LogP contribution in [0.2, 0.25) is 0 Å². The van der Waals surface area contributed by atoms with E-state index in [1.807, 2.05) is 6.92 Å². The van der Waals surface area contributed by atoms with Crippen LogP contribution in [0.3, 0.4) is 0 Å². The number of carbonyl (C=O) groups is 1. The number of primary amides is 1. The van der Waals surface area contributed by atoms with E-state index in [1.165, 1.54) is 0 Å². The molecule has 0 aliphatic heterocycles. The van der Waals surface area contributed by atoms with Gasteiger partial charge in [0.05, 0.1) is 12.0 Å². The van der Waals surface area contributed by atoms with Crippen molar-refractivity contribution in [1.29, 1.82) is 0 Å². The van der Waals surface area contributed by atoms with Crippen LogP contribution >= 0.6 is 0 Å². The second-order valence-corrected chi connectivity index (χ2v) is 4.53. The lowest BCUT2D eigenvalue weighted by atomic mass is 9.93. The van der Waals surface area contributed by atoms with Gasteiger partial charge >= 0.3 is 0 Å². The van der Waals surface area contributed by atoms with Gasteiger partial charge in [0.1, 0.15) is 0 Å². The molecular formula is C11H25N5O2. The van der Waals surface area contributed by atoms with Crippen molar-refractivity contribution in [3.63, 3.8) is 0 Å². The number of nitrogens with two attached hydrogens (primary N) is 2. The summed E-state index contributed by atoms with van der Waals surface area (Å²) in [7, 11) is 0. The minimum absolute atomic E-state index is 0.278. The smallest absolute Gasteiger partial charge is 0.224 e. The first-order valence-electron chi connectivity index (χ1n) is 6.06. The number of carbonyl (C=O) groups excluding carboxylic acids is 1. The van der Waals surface area contributed by atoms with E-state index in [-0.39, 0.29) is 12.5 Å². The van der Waals surface area contributed by atoms with Gasteiger partial charge in [0.25, 0.3) is 0 Å². The minimum atomic E-state index is -0.685. The predicted octanol–water partition coefficient (Wildman–Crippen LogP) is -0.667. The zero-order valence-corrected chi connectivity index (χ0v) is 11.5. The molecule has 0 radical (unpaired) electrons. The van der Waals surface area contributed by atoms with Crippen molar-refractivity contribution in [3.05, 3.63) is 0 Å². The fourth-order valence-corrected chi connectivity index (χ4v) is 1.03. The van der Waals surface area contributed by atoms with E-state index in [0.29, 0.717) is 25.7 Å². The second kappa shape index (κ2) is 8.71. The average molecular weight is 259 g/mol. The highest BCUT2D eigenvalue weighted by Crippen LogP contribution is 2.13. The van der Waals surface area contributed by atoms with E-state index in [4.69, 9.17) is 16.3 Å². The van der Waals surface area contributed by atoms with Crippen LogP contribution in [0, 0.1) is 5.41 Å². The van der Waals surface area contributed by atoms with Crippen LogP contribution < -0.4 is 22.3 Å². The first-order valence-corrected chi connectivity index (χ1v) is 6.06. The lowest BCUT2D eigenvalue weighted by Crippen LogP contribution is -2.43. The highest BCUT2D eigenvalue weighted by atomic mass is 16.5. The van der Waals surface area contributed by atoms with Crippen LogP contribution in [0.15, 0.2) is 4.99 Å². The molecule has 0 aliphatic carbocycles. The second-order valence-electron chi connectivity index (χ2n) is 4.53. The fraction of sp³-hybridized carbons (Fsp3) is 0.818. The summed E-state index contributed by atoms with van der Waals surface area (Å²) in [6.07, 6.45) is 0.855. The molecule has 0 heterocycles. The van der Waals surface area contributed by atoms with Gasteiger partial charge in [0, 0.05) is 19.8 Å². The molecule has 106 valence electrons. The van der Waals surface area contributed by atoms with Gasteiger partial charge in [-0.2, -0.15) is 0 Å². The van der Waals surface area contributed by atoms with Crippen molar-refractivity contribution < 1.29 is 9.53 Å². The highest BCUT2D eigenvalue weighted by molar-refractivity contribution is 5.82. The van der Waals surface area contributed by atoms with Crippen molar-refractivity contribution in [1.82, 2.24) is 10.7 Å². The summed E-state index contributed by atoms with van der Waals surface area (Å²) in [5.41, 5.74) is 7.02. The fourth-order valence-electron chi connectivity index (χ4n) is 1.03. The Balaban J connectivity index is 4.04. The Labute approximate surface area is 108 Å². The lowest BCUT2D eigenvalue weighted by Gasteiger charge is -2.18. The van der Waals surface area contributed by atoms with Crippen LogP contribution in [-0.2, 0) is 9.53 Å². The molecule has 6 N–H and O–H groups in total. The SMILES string of the molecule is CCOCCCNC(=NCC(C)(C)C(N)=O)NN. The standard InChI is InChI=1S/C11H25N5O2/c1-4-18-7-5-6-14-10(16-13)15-8-11(2,3)9(12)17/h4-8,13H2,1-3H3,(H2,12,17)(H2,14,15,16). The minimum Gasteiger partial charge on any atom is -0.382 e. The van der Waals surface area contributed by atoms with E-state index >= 15 is 0 Å². The maximum absolute atomic E-state index is 11.1. The van der Waals surface area contributed by atoms with Gasteiger partial charge in [-0.15, -0.1) is 0 Å². The van der Waals surface area contributed by atoms with E-state index in [1.54, 1.807) is 13.8 Å². The number of nitrogens with zero attached hydrogens (tertiary/aromatic N) is 1. The van der Waals surface area contributed by atoms with Crippen LogP contribution in [-0.4, -0.2) is 38.2 Å². The van der Waals surface area contributed by atoms with E-state index < -0.39 is 5.41 Å². The van der Waals surface area contributed by atoms with Gasteiger partial charge < -0.3 is 15.8 Å². The van der Waals surface area contributed by atoms with Crippen molar-refractivity contribution in [3.8, 4) is 0 Å². The van der Waals surface area contributed by atoms with Gasteiger partial charge in [0.2, 0.25) is 11.9 Å². The number of nitrogens with one attached hydrogen (secondary N) is 2. The number of amides is 1. The van der Waals surface area contributed by atoms with Gasteiger partial charge in [0.15, 0.2) is 0 Å². The average Bonchev–Trinajstić information content (AvgIpc) is 2.32. The number of hydrazine groups is 1. The molecule has 1 amide bonds. The van der Waals surface area contributed by atoms with Crippen molar-refractivity contribution in [2.45, 2.75) is 27.2 Å². The molecule has 0 bridgehead atoms. The third kappa shape index (κ3) is 7.08. The van der Waals surface area contributed by atoms with E-state index in [0.717, 1.165) is 6.42 Å². The molecule has 0 fully saturated rings. The molecule has 0 atom stereocenters. The van der Waals surface area contributed by atoms with Crippen LogP contribution in [0.4, 0.5) is 0 Å². The lowest BCUT2D eigenvalue weighted by molar-refractivity contribution is -0.125. The zero-order valence-electron chi connectivity index (χ0n) is 11.5. The Morgan fingerprint density at radius 1 is 1.44 bits per heavy atom. The number of ether oxygens (including phenoxy) is 1. The molecule has 7 nitrogen and oxygen atoms in total. The molecule has 0 aromatic heterocycles. The summed E-state index contributed by atoms with van der Waals surface area (Å²) < 4.78 is 5.20. The van der Waals surface area contributed by atoms with E-state index in [9.17, 15) is 4.79 Å². The topological polar surface area (TPSA) is 115 Å². The summed E-state index contributed by atoms with van der Waals surface area (Å²) >= 11 is 0. The normalized spacial score (nSPS) is 12.3. The number of guanidine groups is 1. The molecule has 0 saturated carbocycles. The molecule has 0 aromatic rings. The number of rotatable bonds is 8. The summed E-state index contributed by atoms with van der Waals surface area (Å²) in [5.74, 6) is 5.38. The Morgan fingerprint density at radius 3 is 2.61 bits per heavy atom. The Hall–Kier alpha value is -1.34. The van der Waals surface area contributed by atoms with Crippen LogP contribution in [0.5, 0.6) is 0 Å². The van der Waals surface area contributed by atoms with E-state index in [2.05, 4.69) is 15.7 Å². The summed E-state index contributed by atoms with van der Waals surface area (Å²) in [6, 6.07) is 0. The molecule has 0 aromatic carbocycles. The molecule has 0 rings (SSSR count). The molecule has 0 saturated heterocycles. The summed E-state index contributed by atoms with van der Waals surface area (Å²) in [5, 5.41) is 3.02. The van der Waals surface area contributed by atoms with Gasteiger partial charge in [-0.25, -0.2) is 5.84 Å². The monoisotopic (exact) mass is 259 g/mol. The zero-order chi connectivity index (χ0) is 14.0. The molecular weight excluding hydrogens is 234 g/mol. The molecule has 18 heavy (non-hydrogen) atoms. The third-order valence-electron chi connectivity index (χ3n) is 2.40. The Bertz CT molecular complexity index is 279. The van der Waals surface area contributed by atoms with Crippen molar-refractivity contribution in [2.75, 3.05) is 26.3 Å². The number of aliphatic imine (C=N–C) groups is 1. The molecule has 0 aliphatic rings. The van der Waals surface area contributed by atoms with Gasteiger partial charge in [-0.1, -0.05) is 0 Å². The maximum atomic E-state index is 11.1. The third-order valence-corrected chi connectivity index (χ3v) is 2.40. The largest absolute Gasteiger partial charge is 0.382 e. The quantitative estimate of drug-likeness (QED) is 0.152. The van der Waals surface area contributed by atoms with Gasteiger partial charge in [-0.3, -0.25) is 15.2 Å². The summed E-state index contributed by atoms with van der Waals surface area (Å²) in [6.45, 7) is 7.80. The molecule has 7 heteroatoms. The number of hydrogen-bond donors (Lipinski definition) is 4. The first kappa shape index (κ1) is 16.7. The maximum Gasteiger partial charge on any atom is 0.224 e. The Kier molecular flexibility index (Phi) is 8.06. The summed E-state index contributed by atoms with van der Waals surface area (Å²) in [4.78, 5) is 15.3. The van der Waals surface area contributed by atoms with Crippen LogP contribution in [0.1, 0.15) is 27.2 Å². The Morgan fingerprint density at radius 2 is 2.11 bits per heavy atom. The number of hydrogen-bond acceptors (Lipinski definition) is 4. The van der Waals surface area contributed by atoms with Crippen molar-refractivity contribution in [2.24, 2.45) is 22.0 Å². The predicted molar refractivity (Wildman–Crippen MR) is 71.7 cm³/mol. The highest BCUT2D eigenvalue weighted by Gasteiger charge is 2.24. The van der Waals surface area contributed by atoms with Gasteiger partial charge in [-0.05, 0) is 27.2 Å². The van der Waals surface area contributed by atoms with Crippen LogP contribution in [0.25, 0.3) is 0 Å². The molecule has 0 spiro atoms. The molecule has 0 unspecified atom stereocenters.